The first-order valence-corrected chi connectivity index (χ1v) is 7.79. The summed E-state index contributed by atoms with van der Waals surface area (Å²) in [7, 11) is 1.75. The molecule has 5 atom stereocenters. The van der Waals surface area contributed by atoms with E-state index in [-0.39, 0.29) is 24.4 Å². The van der Waals surface area contributed by atoms with Crippen LogP contribution in [-0.2, 0) is 16.7 Å². The second-order valence-electron chi connectivity index (χ2n) is 6.63. The van der Waals surface area contributed by atoms with Crippen LogP contribution in [0, 0.1) is 0 Å². The number of aliphatic hydroxyl groups is 1. The minimum atomic E-state index is -0.395. The lowest BCUT2D eigenvalue weighted by Gasteiger charge is -2.46. The van der Waals surface area contributed by atoms with E-state index in [2.05, 4.69) is 29.2 Å². The summed E-state index contributed by atoms with van der Waals surface area (Å²) in [5, 5.41) is 10.8. The van der Waals surface area contributed by atoms with Gasteiger partial charge in [-0.05, 0) is 29.7 Å². The molecule has 0 aromatic heterocycles. The van der Waals surface area contributed by atoms with Gasteiger partial charge in [0.15, 0.2) is 11.5 Å². The van der Waals surface area contributed by atoms with Gasteiger partial charge in [-0.3, -0.25) is 4.90 Å². The van der Waals surface area contributed by atoms with Gasteiger partial charge in [0.1, 0.15) is 0 Å². The highest BCUT2D eigenvalue weighted by molar-refractivity contribution is 5.56. The molecule has 1 aliphatic carbocycles. The summed E-state index contributed by atoms with van der Waals surface area (Å²) in [5.74, 6) is 1.61. The van der Waals surface area contributed by atoms with E-state index in [1.54, 1.807) is 7.11 Å². The standard InChI is InChI=1S/C17H19NO4/c1-20-11-2-3-17-12-6-14-13(21-9-22-14)4-10(12)7-18(8-16(17)19)15(17)5-11/h2-4,6,11,15-16,19H,5,7-9H2,1H3/t11-,15?,16+,17+/m1/s1. The number of hydrogen-bond acceptors (Lipinski definition) is 5. The topological polar surface area (TPSA) is 51.2 Å². The molecule has 1 aromatic rings. The molecule has 5 nitrogen and oxygen atoms in total. The molecule has 0 amide bonds. The Morgan fingerprint density at radius 2 is 2.14 bits per heavy atom. The fraction of sp³-hybridized carbons (Fsp3) is 0.529. The van der Waals surface area contributed by atoms with Crippen molar-refractivity contribution in [2.75, 3.05) is 20.4 Å². The Balaban J connectivity index is 1.72. The van der Waals surface area contributed by atoms with Gasteiger partial charge in [-0.25, -0.2) is 0 Å². The van der Waals surface area contributed by atoms with Crippen LogP contribution in [0.1, 0.15) is 17.5 Å². The van der Waals surface area contributed by atoms with Crippen LogP contribution in [0.3, 0.4) is 0 Å². The molecular weight excluding hydrogens is 282 g/mol. The summed E-state index contributed by atoms with van der Waals surface area (Å²) < 4.78 is 16.6. The highest BCUT2D eigenvalue weighted by atomic mass is 16.7. The maximum absolute atomic E-state index is 10.8. The van der Waals surface area contributed by atoms with Gasteiger partial charge < -0.3 is 19.3 Å². The molecule has 0 saturated carbocycles. The predicted molar refractivity (Wildman–Crippen MR) is 79.0 cm³/mol. The van der Waals surface area contributed by atoms with E-state index in [1.165, 1.54) is 11.1 Å². The number of ether oxygens (including phenoxy) is 3. The highest BCUT2D eigenvalue weighted by Crippen LogP contribution is 2.53. The first-order valence-electron chi connectivity index (χ1n) is 7.79. The van der Waals surface area contributed by atoms with E-state index in [4.69, 9.17) is 14.2 Å². The van der Waals surface area contributed by atoms with Crippen LogP contribution in [0.5, 0.6) is 11.5 Å². The largest absolute Gasteiger partial charge is 0.454 e. The van der Waals surface area contributed by atoms with E-state index in [9.17, 15) is 5.11 Å². The van der Waals surface area contributed by atoms with Crippen molar-refractivity contribution in [3.05, 3.63) is 35.4 Å². The summed E-state index contributed by atoms with van der Waals surface area (Å²) >= 11 is 0. The molecule has 3 aliphatic heterocycles. The lowest BCUT2D eigenvalue weighted by Crippen LogP contribution is -2.52. The van der Waals surface area contributed by atoms with Gasteiger partial charge >= 0.3 is 0 Å². The summed E-state index contributed by atoms with van der Waals surface area (Å²) in [6.45, 7) is 1.83. The molecule has 0 spiro atoms. The minimum Gasteiger partial charge on any atom is -0.454 e. The van der Waals surface area contributed by atoms with E-state index in [0.29, 0.717) is 6.54 Å². The van der Waals surface area contributed by atoms with Crippen LogP contribution in [0.4, 0.5) is 0 Å². The van der Waals surface area contributed by atoms with Crippen LogP contribution in [-0.4, -0.2) is 48.7 Å². The zero-order valence-corrected chi connectivity index (χ0v) is 12.5. The third kappa shape index (κ3) is 1.44. The van der Waals surface area contributed by atoms with Crippen LogP contribution in [0.2, 0.25) is 0 Å². The quantitative estimate of drug-likeness (QED) is 0.790. The zero-order chi connectivity index (χ0) is 14.9. The Hall–Kier alpha value is -1.56. The first kappa shape index (κ1) is 12.9. The minimum absolute atomic E-state index is 0.126. The molecule has 5 heteroatoms. The predicted octanol–water partition coefficient (Wildman–Crippen LogP) is 1.19. The fourth-order valence-electron chi connectivity index (χ4n) is 4.69. The molecule has 1 fully saturated rings. The Labute approximate surface area is 129 Å². The summed E-state index contributed by atoms with van der Waals surface area (Å²) in [6, 6.07) is 4.44. The Bertz CT molecular complexity index is 673. The van der Waals surface area contributed by atoms with Crippen molar-refractivity contribution >= 4 is 0 Å². The molecule has 0 radical (unpaired) electrons. The van der Waals surface area contributed by atoms with Crippen molar-refractivity contribution in [2.45, 2.75) is 36.6 Å². The van der Waals surface area contributed by atoms with Gasteiger partial charge in [0, 0.05) is 26.2 Å². The molecule has 22 heavy (non-hydrogen) atoms. The van der Waals surface area contributed by atoms with Gasteiger partial charge in [0.2, 0.25) is 6.79 Å². The Morgan fingerprint density at radius 3 is 2.95 bits per heavy atom. The molecule has 2 unspecified atom stereocenters. The first-order chi connectivity index (χ1) is 10.7. The molecule has 1 aromatic carbocycles. The van der Waals surface area contributed by atoms with Gasteiger partial charge in [0.05, 0.1) is 17.6 Å². The lowest BCUT2D eigenvalue weighted by atomic mass is 9.65. The van der Waals surface area contributed by atoms with Gasteiger partial charge in [-0.1, -0.05) is 12.2 Å². The maximum Gasteiger partial charge on any atom is 0.231 e. The number of nitrogens with zero attached hydrogens (tertiary/aromatic N) is 1. The summed E-state index contributed by atoms with van der Waals surface area (Å²) in [5.41, 5.74) is 2.08. The second-order valence-corrected chi connectivity index (χ2v) is 6.63. The van der Waals surface area contributed by atoms with Crippen LogP contribution in [0.25, 0.3) is 0 Å². The van der Waals surface area contributed by atoms with Crippen LogP contribution >= 0.6 is 0 Å². The zero-order valence-electron chi connectivity index (χ0n) is 12.5. The number of methoxy groups -OCH3 is 1. The normalized spacial score (nSPS) is 40.5. The van der Waals surface area contributed by atoms with E-state index in [1.807, 2.05) is 0 Å². The van der Waals surface area contributed by atoms with E-state index in [0.717, 1.165) is 24.5 Å². The van der Waals surface area contributed by atoms with Gasteiger partial charge in [-0.2, -0.15) is 0 Å². The number of rotatable bonds is 1. The molecule has 4 aliphatic rings. The highest BCUT2D eigenvalue weighted by Gasteiger charge is 2.58. The number of aliphatic hydroxyl groups excluding tert-OH is 1. The molecular formula is C17H19NO4. The van der Waals surface area contributed by atoms with Gasteiger partial charge in [0.25, 0.3) is 0 Å². The van der Waals surface area contributed by atoms with Crippen molar-refractivity contribution in [3.8, 4) is 11.5 Å². The van der Waals surface area contributed by atoms with Crippen molar-refractivity contribution in [1.29, 1.82) is 0 Å². The molecule has 3 heterocycles. The average molecular weight is 301 g/mol. The smallest absolute Gasteiger partial charge is 0.231 e. The Morgan fingerprint density at radius 1 is 1.32 bits per heavy atom. The van der Waals surface area contributed by atoms with Crippen molar-refractivity contribution in [1.82, 2.24) is 4.90 Å². The third-order valence-electron chi connectivity index (χ3n) is 5.73. The monoisotopic (exact) mass is 301 g/mol. The van der Waals surface area contributed by atoms with Crippen molar-refractivity contribution in [3.63, 3.8) is 0 Å². The summed E-state index contributed by atoms with van der Waals surface area (Å²) in [6.07, 6.45) is 4.91. The SMILES string of the molecule is CO[C@@H]1C=C[C@@]23c4cc5c(cc4CN(C[C@@H]2O)C3C1)OCO5. The van der Waals surface area contributed by atoms with Crippen LogP contribution in [0.15, 0.2) is 24.3 Å². The third-order valence-corrected chi connectivity index (χ3v) is 5.73. The molecule has 1 N–H and O–H groups in total. The van der Waals surface area contributed by atoms with E-state index >= 15 is 0 Å². The number of hydrogen-bond donors (Lipinski definition) is 1. The van der Waals surface area contributed by atoms with Crippen molar-refractivity contribution < 1.29 is 19.3 Å². The van der Waals surface area contributed by atoms with Crippen molar-refractivity contribution in [2.24, 2.45) is 0 Å². The fourth-order valence-corrected chi connectivity index (χ4v) is 4.69. The molecule has 5 rings (SSSR count). The molecule has 1 saturated heterocycles. The maximum atomic E-state index is 10.8. The second kappa shape index (κ2) is 4.25. The Kier molecular flexibility index (Phi) is 2.50. The summed E-state index contributed by atoms with van der Waals surface area (Å²) in [4.78, 5) is 2.38. The average Bonchev–Trinajstić information content (AvgIpc) is 3.06. The van der Waals surface area contributed by atoms with E-state index < -0.39 is 6.10 Å². The lowest BCUT2D eigenvalue weighted by molar-refractivity contribution is 0.0660. The molecule has 2 bridgehead atoms. The number of fused-ring (bicyclic) bond motifs is 2. The van der Waals surface area contributed by atoms with Crippen LogP contribution < -0.4 is 9.47 Å². The van der Waals surface area contributed by atoms with Gasteiger partial charge in [-0.15, -0.1) is 0 Å². The molecule has 116 valence electrons. The number of benzene rings is 1.